The summed E-state index contributed by atoms with van der Waals surface area (Å²) >= 11 is -1.72. The van der Waals surface area contributed by atoms with E-state index in [1.807, 2.05) is 87.6 Å². The predicted molar refractivity (Wildman–Crippen MR) is 213 cm³/mol. The van der Waals surface area contributed by atoms with Gasteiger partial charge >= 0.3 is 99.8 Å². The Balaban J connectivity index is 0.000000238. The maximum atomic E-state index is 8.75. The van der Waals surface area contributed by atoms with Crippen molar-refractivity contribution in [2.24, 2.45) is 5.41 Å². The van der Waals surface area contributed by atoms with E-state index in [4.69, 9.17) is 7.16 Å². The van der Waals surface area contributed by atoms with E-state index in [1.54, 1.807) is 12.3 Å². The SMILES string of the molecule is [2H]C([2H])(c1ccnc(-c2[c-]ccc3c2oc2c4ccccc4cc(-c4ccccc4)c32)c1)C(C)(C)C.[CH3][Ge]([CH3])([CH3])[c]1ccc(-c2[c-]cccc2)nc1.[Ir]. The molecule has 257 valence electrons. The minimum absolute atomic E-state index is 0. The van der Waals surface area contributed by atoms with Gasteiger partial charge in [-0.15, -0.1) is 18.2 Å². The molecule has 0 saturated carbocycles. The molecular formula is C46H42GeIrN2O-2. The van der Waals surface area contributed by atoms with Crippen LogP contribution in [0.3, 0.4) is 0 Å². The maximum Gasteiger partial charge on any atom is 0 e. The summed E-state index contributed by atoms with van der Waals surface area (Å²) in [5, 5.41) is 4.23. The molecule has 0 spiro atoms. The molecule has 0 atom stereocenters. The van der Waals surface area contributed by atoms with Crippen LogP contribution in [0, 0.1) is 17.5 Å². The van der Waals surface area contributed by atoms with Gasteiger partial charge in [-0.3, -0.25) is 0 Å². The van der Waals surface area contributed by atoms with Gasteiger partial charge in [0.15, 0.2) is 0 Å². The third kappa shape index (κ3) is 8.10. The third-order valence-electron chi connectivity index (χ3n) is 8.66. The molecule has 0 unspecified atom stereocenters. The van der Waals surface area contributed by atoms with Crippen molar-refractivity contribution in [3.63, 3.8) is 0 Å². The molecule has 0 amide bonds. The summed E-state index contributed by atoms with van der Waals surface area (Å²) in [4.78, 5) is 9.14. The number of furan rings is 1. The van der Waals surface area contributed by atoms with E-state index in [0.29, 0.717) is 16.8 Å². The molecule has 3 nitrogen and oxygen atoms in total. The van der Waals surface area contributed by atoms with Gasteiger partial charge in [-0.1, -0.05) is 97.9 Å². The normalized spacial score (nSPS) is 12.5. The van der Waals surface area contributed by atoms with Crippen LogP contribution in [0.25, 0.3) is 66.4 Å². The number of aromatic nitrogens is 2. The van der Waals surface area contributed by atoms with E-state index >= 15 is 0 Å². The molecule has 0 N–H and O–H groups in total. The zero-order valence-corrected chi connectivity index (χ0v) is 34.3. The molecule has 8 rings (SSSR count). The van der Waals surface area contributed by atoms with Gasteiger partial charge in [-0.05, 0) is 46.1 Å². The average Bonchev–Trinajstić information content (AvgIpc) is 3.55. The largest absolute Gasteiger partial charge is 0 e. The van der Waals surface area contributed by atoms with Crippen LogP contribution in [-0.2, 0) is 26.5 Å². The minimum Gasteiger partial charge on any atom is 0 e. The fourth-order valence-electron chi connectivity index (χ4n) is 6.24. The smallest absolute Gasteiger partial charge is 0 e. The van der Waals surface area contributed by atoms with Gasteiger partial charge in [0.05, 0.1) is 5.58 Å². The first-order valence-corrected chi connectivity index (χ1v) is 24.4. The minimum atomic E-state index is -1.72. The molecule has 5 heteroatoms. The molecule has 5 aromatic carbocycles. The standard InChI is InChI=1S/C32H26NO.C14H16GeN.Ir/c1-32(2,3)20-21-16-17-33-28(18-21)25-14-9-15-26-29-27(22-10-5-4-6-11-22)19-23-12-7-8-13-24(23)31(29)34-30(25)26;1-15(2,3)13-9-10-14(16-11-13)12-7-5-4-6-8-12;/h4-13,15-19H,20H2,1-3H3;4-7,9-11H,1-3H3;/q2*-1;/i20D2;;. The fourth-order valence-corrected chi connectivity index (χ4v) is 8.41. The van der Waals surface area contributed by atoms with Crippen LogP contribution < -0.4 is 4.40 Å². The Morgan fingerprint density at radius 2 is 1.49 bits per heavy atom. The van der Waals surface area contributed by atoms with Crippen molar-refractivity contribution >= 4 is 50.4 Å². The van der Waals surface area contributed by atoms with E-state index in [2.05, 4.69) is 94.0 Å². The van der Waals surface area contributed by atoms with E-state index in [-0.39, 0.29) is 20.1 Å². The summed E-state index contributed by atoms with van der Waals surface area (Å²) < 4.78 is 25.6. The van der Waals surface area contributed by atoms with Crippen molar-refractivity contribution in [3.05, 3.63) is 151 Å². The Hall–Kier alpha value is -4.35. The topological polar surface area (TPSA) is 38.9 Å². The molecule has 0 fully saturated rings. The fraction of sp³-hybridized carbons (Fsp3) is 0.174. The molecule has 0 bridgehead atoms. The van der Waals surface area contributed by atoms with Crippen molar-refractivity contribution in [2.45, 2.75) is 44.4 Å². The summed E-state index contributed by atoms with van der Waals surface area (Å²) in [6.07, 6.45) is 2.19. The second-order valence-corrected chi connectivity index (χ2v) is 25.3. The summed E-state index contributed by atoms with van der Waals surface area (Å²) in [5.74, 6) is 7.14. The Kier molecular flexibility index (Phi) is 10.00. The molecule has 1 radical (unpaired) electrons. The van der Waals surface area contributed by atoms with Gasteiger partial charge in [-0.2, -0.15) is 0 Å². The molecule has 8 aromatic rings. The van der Waals surface area contributed by atoms with Crippen LogP contribution in [-0.4, -0.2) is 23.2 Å². The molecule has 0 aliphatic rings. The molecule has 0 saturated heterocycles. The third-order valence-corrected chi connectivity index (χ3v) is 12.9. The Morgan fingerprint density at radius 1 is 0.725 bits per heavy atom. The van der Waals surface area contributed by atoms with Crippen molar-refractivity contribution in [3.8, 4) is 33.6 Å². The van der Waals surface area contributed by atoms with Crippen molar-refractivity contribution < 1.29 is 27.3 Å². The van der Waals surface area contributed by atoms with Crippen LogP contribution >= 0.6 is 0 Å². The van der Waals surface area contributed by atoms with Crippen LogP contribution in [0.1, 0.15) is 29.1 Å². The first-order chi connectivity index (χ1) is 24.8. The van der Waals surface area contributed by atoms with Crippen molar-refractivity contribution in [1.82, 2.24) is 9.97 Å². The number of hydrogen-bond donors (Lipinski definition) is 0. The van der Waals surface area contributed by atoms with E-state index in [9.17, 15) is 0 Å². The second-order valence-electron chi connectivity index (χ2n) is 14.7. The molecule has 51 heavy (non-hydrogen) atoms. The van der Waals surface area contributed by atoms with Crippen LogP contribution in [0.4, 0.5) is 0 Å². The zero-order chi connectivity index (χ0) is 36.7. The molecule has 3 heterocycles. The first-order valence-electron chi connectivity index (χ1n) is 18.1. The maximum absolute atomic E-state index is 8.75. The summed E-state index contributed by atoms with van der Waals surface area (Å²) in [6.45, 7) is 5.74. The Bertz CT molecular complexity index is 2500. The van der Waals surface area contributed by atoms with Crippen molar-refractivity contribution in [2.75, 3.05) is 0 Å². The second kappa shape index (κ2) is 15.1. The molecular weight excluding hydrogens is 861 g/mol. The van der Waals surface area contributed by atoms with Crippen molar-refractivity contribution in [1.29, 1.82) is 0 Å². The van der Waals surface area contributed by atoms with Gasteiger partial charge in [0, 0.05) is 39.8 Å². The Labute approximate surface area is 320 Å². The predicted octanol–water partition coefficient (Wildman–Crippen LogP) is 11.9. The first kappa shape index (κ1) is 33.8. The van der Waals surface area contributed by atoms with Gasteiger partial charge in [-0.25, -0.2) is 0 Å². The van der Waals surface area contributed by atoms with Crippen LogP contribution in [0.15, 0.2) is 138 Å². The van der Waals surface area contributed by atoms with Gasteiger partial charge in [0.1, 0.15) is 5.58 Å². The number of fused-ring (bicyclic) bond motifs is 5. The number of hydrogen-bond acceptors (Lipinski definition) is 3. The summed E-state index contributed by atoms with van der Waals surface area (Å²) in [5.41, 5.74) is 7.28. The van der Waals surface area contributed by atoms with E-state index < -0.39 is 25.1 Å². The number of benzene rings is 5. The van der Waals surface area contributed by atoms with E-state index in [0.717, 1.165) is 55.1 Å². The van der Waals surface area contributed by atoms with E-state index in [1.165, 1.54) is 4.40 Å². The van der Waals surface area contributed by atoms with Gasteiger partial charge in [0.2, 0.25) is 0 Å². The summed E-state index contributed by atoms with van der Waals surface area (Å²) in [6, 6.07) is 47.3. The Morgan fingerprint density at radius 3 is 2.20 bits per heavy atom. The van der Waals surface area contributed by atoms with Crippen LogP contribution in [0.2, 0.25) is 17.3 Å². The average molecular weight is 906 g/mol. The number of rotatable bonds is 5. The number of pyridine rings is 2. The number of nitrogens with zero attached hydrogens (tertiary/aromatic N) is 2. The quantitative estimate of drug-likeness (QED) is 0.128. The van der Waals surface area contributed by atoms with Crippen LogP contribution in [0.5, 0.6) is 0 Å². The monoisotopic (exact) mass is 907 g/mol. The molecule has 3 aromatic heterocycles. The van der Waals surface area contributed by atoms with Gasteiger partial charge in [0.25, 0.3) is 0 Å². The molecule has 0 aliphatic carbocycles. The molecule has 0 aliphatic heterocycles. The van der Waals surface area contributed by atoms with Gasteiger partial charge < -0.3 is 9.40 Å². The zero-order valence-electron chi connectivity index (χ0n) is 31.8. The summed E-state index contributed by atoms with van der Waals surface area (Å²) in [7, 11) is 0.